The number of carbonyl (C=O) groups is 1. The molecule has 6 heteroatoms. The van der Waals surface area contributed by atoms with Gasteiger partial charge in [0.15, 0.2) is 0 Å². The Bertz CT molecular complexity index is 754. The first-order chi connectivity index (χ1) is 12.0. The third-order valence-corrected chi connectivity index (χ3v) is 5.19. The average Bonchev–Trinajstić information content (AvgIpc) is 2.61. The van der Waals surface area contributed by atoms with Gasteiger partial charge in [0, 0.05) is 19.6 Å². The van der Waals surface area contributed by atoms with E-state index in [-0.39, 0.29) is 19.1 Å². The van der Waals surface area contributed by atoms with Crippen LogP contribution in [0.3, 0.4) is 0 Å². The van der Waals surface area contributed by atoms with Crippen molar-refractivity contribution >= 4 is 29.1 Å². The van der Waals surface area contributed by atoms with Gasteiger partial charge in [-0.2, -0.15) is 0 Å². The van der Waals surface area contributed by atoms with Crippen molar-refractivity contribution < 1.29 is 14.6 Å². The Hall–Kier alpha value is -1.59. The minimum Gasteiger partial charge on any atom is -0.396 e. The van der Waals surface area contributed by atoms with Crippen LogP contribution in [0.15, 0.2) is 48.5 Å². The molecule has 0 saturated carbocycles. The van der Waals surface area contributed by atoms with E-state index in [9.17, 15) is 9.90 Å². The van der Waals surface area contributed by atoms with Gasteiger partial charge in [-0.25, -0.2) is 0 Å². The van der Waals surface area contributed by atoms with Crippen molar-refractivity contribution in [3.63, 3.8) is 0 Å². The molecule has 0 aromatic heterocycles. The fourth-order valence-corrected chi connectivity index (χ4v) is 3.41. The van der Waals surface area contributed by atoms with Gasteiger partial charge in [-0.1, -0.05) is 59.6 Å². The number of amides is 1. The molecule has 2 aromatic carbocycles. The zero-order valence-electron chi connectivity index (χ0n) is 13.6. The molecule has 1 atom stereocenters. The maximum atomic E-state index is 12.3. The fraction of sp³-hybridized carbons (Fsp3) is 0.316. The number of nitrogens with zero attached hydrogens (tertiary/aromatic N) is 1. The van der Waals surface area contributed by atoms with Gasteiger partial charge in [0.2, 0.25) is 5.91 Å². The third-order valence-electron chi connectivity index (χ3n) is 4.45. The molecule has 4 nitrogen and oxygen atoms in total. The topological polar surface area (TPSA) is 49.8 Å². The lowest BCUT2D eigenvalue weighted by molar-refractivity contribution is -0.169. The van der Waals surface area contributed by atoms with Crippen molar-refractivity contribution in [2.24, 2.45) is 0 Å². The van der Waals surface area contributed by atoms with Gasteiger partial charge in [0.25, 0.3) is 0 Å². The maximum absolute atomic E-state index is 12.3. The van der Waals surface area contributed by atoms with Crippen LogP contribution in [0.5, 0.6) is 0 Å². The molecule has 1 amide bonds. The van der Waals surface area contributed by atoms with Crippen molar-refractivity contribution in [1.29, 1.82) is 0 Å². The van der Waals surface area contributed by atoms with Gasteiger partial charge in [0.1, 0.15) is 12.2 Å². The van der Waals surface area contributed by atoms with Gasteiger partial charge in [-0.15, -0.1) is 0 Å². The Morgan fingerprint density at radius 2 is 1.88 bits per heavy atom. The molecule has 0 bridgehead atoms. The molecule has 1 saturated heterocycles. The first-order valence-corrected chi connectivity index (χ1v) is 8.82. The van der Waals surface area contributed by atoms with Crippen LogP contribution in [0.1, 0.15) is 17.5 Å². The number of hydrogen-bond donors (Lipinski definition) is 1. The van der Waals surface area contributed by atoms with Crippen LogP contribution in [-0.2, 0) is 21.7 Å². The number of aliphatic hydroxyl groups excluding tert-OH is 1. The number of carbonyl (C=O) groups excluding carboxylic acids is 1. The molecule has 0 aliphatic carbocycles. The van der Waals surface area contributed by atoms with Crippen molar-refractivity contribution in [1.82, 2.24) is 4.90 Å². The van der Waals surface area contributed by atoms with E-state index < -0.39 is 5.60 Å². The summed E-state index contributed by atoms with van der Waals surface area (Å²) in [5.74, 6) is -0.0718. The molecule has 1 heterocycles. The SMILES string of the molecule is O=C1COC(CCO)(c2ccc(Cl)c(Cl)c2)CN1Cc1ccccc1. The van der Waals surface area contributed by atoms with Gasteiger partial charge in [0.05, 0.1) is 16.6 Å². The minimum absolute atomic E-state index is 0.0346. The lowest BCUT2D eigenvalue weighted by Crippen LogP contribution is -2.52. The van der Waals surface area contributed by atoms with Crippen molar-refractivity contribution in [3.8, 4) is 0 Å². The zero-order valence-corrected chi connectivity index (χ0v) is 15.1. The smallest absolute Gasteiger partial charge is 0.249 e. The van der Waals surface area contributed by atoms with Crippen molar-refractivity contribution in [3.05, 3.63) is 69.7 Å². The highest BCUT2D eigenvalue weighted by molar-refractivity contribution is 6.42. The van der Waals surface area contributed by atoms with Crippen LogP contribution in [0, 0.1) is 0 Å². The summed E-state index contributed by atoms with van der Waals surface area (Å²) in [6, 6.07) is 15.1. The van der Waals surface area contributed by atoms with Crippen LogP contribution < -0.4 is 0 Å². The maximum Gasteiger partial charge on any atom is 0.249 e. The Labute approximate surface area is 156 Å². The molecule has 132 valence electrons. The molecule has 1 unspecified atom stereocenters. The highest BCUT2D eigenvalue weighted by Gasteiger charge is 2.41. The molecule has 1 aliphatic heterocycles. The van der Waals surface area contributed by atoms with Crippen LogP contribution in [0.4, 0.5) is 0 Å². The normalized spacial score (nSPS) is 20.8. The first-order valence-electron chi connectivity index (χ1n) is 8.06. The van der Waals surface area contributed by atoms with Crippen molar-refractivity contribution in [2.75, 3.05) is 19.8 Å². The van der Waals surface area contributed by atoms with Gasteiger partial charge in [-0.3, -0.25) is 4.79 Å². The standard InChI is InChI=1S/C19H19Cl2NO3/c20-16-7-6-15(10-17(16)21)19(8-9-23)13-22(18(24)12-25-19)11-14-4-2-1-3-5-14/h1-7,10,23H,8-9,11-13H2. The van der Waals surface area contributed by atoms with Crippen LogP contribution in [0.25, 0.3) is 0 Å². The largest absolute Gasteiger partial charge is 0.396 e. The summed E-state index contributed by atoms with van der Waals surface area (Å²) < 4.78 is 5.91. The molecule has 1 aliphatic rings. The minimum atomic E-state index is -0.800. The number of rotatable bonds is 5. The highest BCUT2D eigenvalue weighted by atomic mass is 35.5. The van der Waals surface area contributed by atoms with Crippen LogP contribution in [-0.4, -0.2) is 35.7 Å². The second kappa shape index (κ2) is 7.75. The lowest BCUT2D eigenvalue weighted by atomic mass is 9.88. The fourth-order valence-electron chi connectivity index (χ4n) is 3.11. The molecule has 1 N–H and O–H groups in total. The zero-order chi connectivity index (χ0) is 17.9. The number of morpholine rings is 1. The second-order valence-corrected chi connectivity index (χ2v) is 6.94. The Balaban J connectivity index is 1.90. The number of aliphatic hydroxyl groups is 1. The van der Waals surface area contributed by atoms with Crippen LogP contribution in [0.2, 0.25) is 10.0 Å². The van der Waals surface area contributed by atoms with E-state index in [1.54, 1.807) is 17.0 Å². The highest BCUT2D eigenvalue weighted by Crippen LogP contribution is 2.37. The molecule has 2 aromatic rings. The van der Waals surface area contributed by atoms with Gasteiger partial charge >= 0.3 is 0 Å². The molecule has 3 rings (SSSR count). The van der Waals surface area contributed by atoms with E-state index in [1.807, 2.05) is 36.4 Å². The number of halogens is 2. The van der Waals surface area contributed by atoms with E-state index in [0.29, 0.717) is 29.6 Å². The summed E-state index contributed by atoms with van der Waals surface area (Å²) in [5.41, 5.74) is 1.05. The summed E-state index contributed by atoms with van der Waals surface area (Å²) in [7, 11) is 0. The van der Waals surface area contributed by atoms with Crippen LogP contribution >= 0.6 is 23.2 Å². The Morgan fingerprint density at radius 1 is 1.12 bits per heavy atom. The second-order valence-electron chi connectivity index (χ2n) is 6.12. The number of ether oxygens (including phenoxy) is 1. The molecule has 25 heavy (non-hydrogen) atoms. The third kappa shape index (κ3) is 3.98. The quantitative estimate of drug-likeness (QED) is 0.862. The summed E-state index contributed by atoms with van der Waals surface area (Å²) in [5, 5.41) is 10.4. The summed E-state index contributed by atoms with van der Waals surface area (Å²) in [4.78, 5) is 14.1. The predicted octanol–water partition coefficient (Wildman–Crippen LogP) is 3.63. The first kappa shape index (κ1) is 18.2. The molecular formula is C19H19Cl2NO3. The Morgan fingerprint density at radius 3 is 2.56 bits per heavy atom. The monoisotopic (exact) mass is 379 g/mol. The van der Waals surface area contributed by atoms with E-state index in [2.05, 4.69) is 0 Å². The summed E-state index contributed by atoms with van der Waals surface area (Å²) >= 11 is 12.2. The predicted molar refractivity (Wildman–Crippen MR) is 97.7 cm³/mol. The van der Waals surface area contributed by atoms with E-state index >= 15 is 0 Å². The lowest BCUT2D eigenvalue weighted by Gasteiger charge is -2.43. The van der Waals surface area contributed by atoms with E-state index in [1.165, 1.54) is 0 Å². The van der Waals surface area contributed by atoms with Gasteiger partial charge < -0.3 is 14.7 Å². The van der Waals surface area contributed by atoms with Crippen molar-refractivity contribution in [2.45, 2.75) is 18.6 Å². The van der Waals surface area contributed by atoms with E-state index in [0.717, 1.165) is 11.1 Å². The van der Waals surface area contributed by atoms with E-state index in [4.69, 9.17) is 27.9 Å². The molecule has 0 radical (unpaired) electrons. The molecule has 1 fully saturated rings. The molecular weight excluding hydrogens is 361 g/mol. The summed E-state index contributed by atoms with van der Waals surface area (Å²) in [6.45, 7) is 0.747. The average molecular weight is 380 g/mol. The summed E-state index contributed by atoms with van der Waals surface area (Å²) in [6.07, 6.45) is 0.365. The Kier molecular flexibility index (Phi) is 5.64. The number of benzene rings is 2. The van der Waals surface area contributed by atoms with Gasteiger partial charge in [-0.05, 0) is 23.3 Å². The molecule has 0 spiro atoms. The number of hydrogen-bond acceptors (Lipinski definition) is 3.